The van der Waals surface area contributed by atoms with Gasteiger partial charge in [-0.05, 0) is 18.2 Å². The minimum Gasteiger partial charge on any atom is -0.456 e. The number of carbonyl (C=O) groups is 1. The maximum Gasteiger partial charge on any atom is 0.211 e. The molecule has 5 heteroatoms. The smallest absolute Gasteiger partial charge is 0.211 e. The summed E-state index contributed by atoms with van der Waals surface area (Å²) in [5, 5.41) is 3.87. The molecule has 0 atom stereocenters. The average molecular weight is 401 g/mol. The number of nitrogens with one attached hydrogen (secondary N) is 1. The second-order valence-corrected chi connectivity index (χ2v) is 6.75. The van der Waals surface area contributed by atoms with Crippen molar-refractivity contribution in [3.8, 4) is 22.6 Å². The minimum absolute atomic E-state index is 0.520. The molecule has 0 radical (unpaired) electrons. The normalized spacial score (nSPS) is 10.4. The highest BCUT2D eigenvalue weighted by atomic mass is 35.5. The number of hydrogen-bond donors (Lipinski definition) is 1. The zero-order chi connectivity index (χ0) is 20.1. The van der Waals surface area contributed by atoms with E-state index >= 15 is 0 Å². The van der Waals surface area contributed by atoms with Crippen molar-refractivity contribution in [1.29, 1.82) is 0 Å². The van der Waals surface area contributed by atoms with Crippen LogP contribution in [0.1, 0.15) is 0 Å². The fourth-order valence-corrected chi connectivity index (χ4v) is 3.14. The monoisotopic (exact) mass is 400 g/mol. The Bertz CT molecular complexity index is 1140. The van der Waals surface area contributed by atoms with Gasteiger partial charge < -0.3 is 9.73 Å². The van der Waals surface area contributed by atoms with E-state index in [0.29, 0.717) is 39.7 Å². The standard InChI is InChI=1S/C24H17ClN2O2/c25-19-11-12-21(22(13-19)26-16-28)27-20-14-23(17-7-3-1-4-8-17)29-24(15-20)18-9-5-2-6-10-18/h1-16H,(H,26,28). The van der Waals surface area contributed by atoms with Crippen LogP contribution in [0.5, 0.6) is 0 Å². The predicted molar refractivity (Wildman–Crippen MR) is 116 cm³/mol. The summed E-state index contributed by atoms with van der Waals surface area (Å²) in [6.45, 7) is 0. The second kappa shape index (κ2) is 8.59. The molecule has 142 valence electrons. The first kappa shape index (κ1) is 18.7. The molecule has 4 aromatic rings. The quantitative estimate of drug-likeness (QED) is 0.413. The van der Waals surface area contributed by atoms with Crippen molar-refractivity contribution in [2.45, 2.75) is 0 Å². The number of nitrogens with zero attached hydrogens (tertiary/aromatic N) is 1. The average Bonchev–Trinajstić information content (AvgIpc) is 2.77. The fraction of sp³-hybridized carbons (Fsp3) is 0. The van der Waals surface area contributed by atoms with Gasteiger partial charge >= 0.3 is 0 Å². The van der Waals surface area contributed by atoms with E-state index in [1.807, 2.05) is 72.8 Å². The van der Waals surface area contributed by atoms with Gasteiger partial charge in [-0.1, -0.05) is 72.3 Å². The van der Waals surface area contributed by atoms with Gasteiger partial charge in [0, 0.05) is 28.3 Å². The molecule has 1 N–H and O–H groups in total. The third kappa shape index (κ3) is 4.45. The number of anilines is 1. The minimum atomic E-state index is 0.520. The SMILES string of the molecule is O=CNc1cc(Cl)ccc1N=c1cc(-c2ccccc2)oc(-c2ccccc2)c1. The Morgan fingerprint density at radius 1 is 0.793 bits per heavy atom. The molecule has 1 aromatic heterocycles. The van der Waals surface area contributed by atoms with Gasteiger partial charge in [-0.15, -0.1) is 0 Å². The van der Waals surface area contributed by atoms with E-state index < -0.39 is 0 Å². The molecule has 0 fully saturated rings. The third-order valence-corrected chi connectivity index (χ3v) is 4.55. The molecule has 3 aromatic carbocycles. The Kier molecular flexibility index (Phi) is 5.54. The first-order chi connectivity index (χ1) is 14.2. The Morgan fingerprint density at radius 3 is 1.93 bits per heavy atom. The second-order valence-electron chi connectivity index (χ2n) is 6.31. The van der Waals surface area contributed by atoms with Crippen LogP contribution in [0, 0.1) is 0 Å². The molecule has 4 nitrogen and oxygen atoms in total. The van der Waals surface area contributed by atoms with Crippen molar-refractivity contribution < 1.29 is 9.21 Å². The van der Waals surface area contributed by atoms with E-state index in [-0.39, 0.29) is 0 Å². The lowest BCUT2D eigenvalue weighted by atomic mass is 10.1. The van der Waals surface area contributed by atoms with Crippen molar-refractivity contribution >= 4 is 29.4 Å². The van der Waals surface area contributed by atoms with Crippen LogP contribution in [0.2, 0.25) is 5.02 Å². The Hall–Kier alpha value is -3.63. The highest BCUT2D eigenvalue weighted by molar-refractivity contribution is 6.31. The lowest BCUT2D eigenvalue weighted by Crippen LogP contribution is -2.03. The fourth-order valence-electron chi connectivity index (χ4n) is 2.97. The number of benzene rings is 3. The van der Waals surface area contributed by atoms with Crippen LogP contribution >= 0.6 is 11.6 Å². The van der Waals surface area contributed by atoms with E-state index in [2.05, 4.69) is 5.32 Å². The van der Waals surface area contributed by atoms with E-state index in [1.165, 1.54) is 0 Å². The van der Waals surface area contributed by atoms with Gasteiger partial charge in [0.15, 0.2) is 0 Å². The van der Waals surface area contributed by atoms with Gasteiger partial charge in [-0.25, -0.2) is 4.99 Å². The molecule has 0 aliphatic heterocycles. The Morgan fingerprint density at radius 2 is 1.38 bits per heavy atom. The number of carbonyl (C=O) groups excluding carboxylic acids is 1. The van der Waals surface area contributed by atoms with Crippen LogP contribution in [-0.4, -0.2) is 6.41 Å². The maximum absolute atomic E-state index is 11.0. The van der Waals surface area contributed by atoms with Crippen LogP contribution in [0.15, 0.2) is 100 Å². The Balaban J connectivity index is 1.91. The zero-order valence-corrected chi connectivity index (χ0v) is 16.1. The molecule has 0 spiro atoms. The molecule has 4 rings (SSSR count). The number of hydrogen-bond acceptors (Lipinski definition) is 3. The zero-order valence-electron chi connectivity index (χ0n) is 15.4. The summed E-state index contributed by atoms with van der Waals surface area (Å²) < 4.78 is 6.17. The van der Waals surface area contributed by atoms with Crippen molar-refractivity contribution in [3.63, 3.8) is 0 Å². The molecule has 0 saturated carbocycles. The van der Waals surface area contributed by atoms with Crippen LogP contribution < -0.4 is 10.7 Å². The van der Waals surface area contributed by atoms with E-state index in [1.54, 1.807) is 18.2 Å². The van der Waals surface area contributed by atoms with E-state index in [9.17, 15) is 4.79 Å². The summed E-state index contributed by atoms with van der Waals surface area (Å²) in [5.74, 6) is 1.40. The number of halogens is 1. The molecule has 29 heavy (non-hydrogen) atoms. The van der Waals surface area contributed by atoms with Crippen molar-refractivity contribution in [2.24, 2.45) is 4.99 Å². The molecule has 0 aliphatic carbocycles. The third-order valence-electron chi connectivity index (χ3n) is 4.32. The molecule has 0 aliphatic rings. The van der Waals surface area contributed by atoms with Gasteiger partial charge in [0.25, 0.3) is 0 Å². The van der Waals surface area contributed by atoms with Crippen LogP contribution in [0.3, 0.4) is 0 Å². The van der Waals surface area contributed by atoms with Crippen LogP contribution in [0.25, 0.3) is 22.6 Å². The molecular weight excluding hydrogens is 384 g/mol. The molecule has 0 bridgehead atoms. The van der Waals surface area contributed by atoms with E-state index in [0.717, 1.165) is 11.1 Å². The first-order valence-electron chi connectivity index (χ1n) is 9.03. The first-order valence-corrected chi connectivity index (χ1v) is 9.41. The van der Waals surface area contributed by atoms with Crippen LogP contribution in [-0.2, 0) is 4.79 Å². The van der Waals surface area contributed by atoms with Crippen LogP contribution in [0.4, 0.5) is 11.4 Å². The summed E-state index contributed by atoms with van der Waals surface area (Å²) >= 11 is 6.05. The number of rotatable bonds is 5. The van der Waals surface area contributed by atoms with Gasteiger partial charge in [0.2, 0.25) is 6.41 Å². The van der Waals surface area contributed by atoms with Gasteiger partial charge in [0.05, 0.1) is 16.7 Å². The molecule has 1 heterocycles. The maximum atomic E-state index is 11.0. The highest BCUT2D eigenvalue weighted by Gasteiger charge is 2.07. The Labute approximate surface area is 173 Å². The molecular formula is C24H17ClN2O2. The summed E-state index contributed by atoms with van der Waals surface area (Å²) in [6.07, 6.45) is 0.607. The van der Waals surface area contributed by atoms with E-state index in [4.69, 9.17) is 21.0 Å². The van der Waals surface area contributed by atoms with Gasteiger partial charge in [-0.2, -0.15) is 0 Å². The lowest BCUT2D eigenvalue weighted by molar-refractivity contribution is -0.105. The predicted octanol–water partition coefficient (Wildman–Crippen LogP) is 6.07. The summed E-state index contributed by atoms with van der Waals surface area (Å²) in [4.78, 5) is 15.7. The number of amides is 1. The summed E-state index contributed by atoms with van der Waals surface area (Å²) in [7, 11) is 0. The van der Waals surface area contributed by atoms with Gasteiger partial charge in [0.1, 0.15) is 11.5 Å². The van der Waals surface area contributed by atoms with Crippen molar-refractivity contribution in [1.82, 2.24) is 0 Å². The van der Waals surface area contributed by atoms with Gasteiger partial charge in [-0.3, -0.25) is 4.79 Å². The summed E-state index contributed by atoms with van der Waals surface area (Å²) in [5.41, 5.74) is 3.04. The topological polar surface area (TPSA) is 54.6 Å². The summed E-state index contributed by atoms with van der Waals surface area (Å²) in [6, 6.07) is 28.6. The van der Waals surface area contributed by atoms with Crippen molar-refractivity contribution in [2.75, 3.05) is 5.32 Å². The molecule has 0 saturated heterocycles. The largest absolute Gasteiger partial charge is 0.456 e. The molecule has 1 amide bonds. The highest BCUT2D eigenvalue weighted by Crippen LogP contribution is 2.29. The molecule has 0 unspecified atom stereocenters. The lowest BCUT2D eigenvalue weighted by Gasteiger charge is -2.07. The van der Waals surface area contributed by atoms with Crippen molar-refractivity contribution in [3.05, 3.63) is 101 Å².